The number of benzene rings is 2. The lowest BCUT2D eigenvalue weighted by Gasteiger charge is -2.44. The molecule has 35 heavy (non-hydrogen) atoms. The molecule has 0 unspecified atom stereocenters. The number of hydrogen-bond acceptors (Lipinski definition) is 6. The highest BCUT2D eigenvalue weighted by molar-refractivity contribution is 7.09. The summed E-state index contributed by atoms with van der Waals surface area (Å²) in [6, 6.07) is 17.4. The number of likely N-dealkylation sites (tertiary alicyclic amines) is 1. The van der Waals surface area contributed by atoms with Crippen LogP contribution in [0.4, 0.5) is 5.69 Å². The van der Waals surface area contributed by atoms with E-state index in [1.165, 1.54) is 0 Å². The molecule has 2 heterocycles. The number of piperidine rings is 1. The van der Waals surface area contributed by atoms with Crippen molar-refractivity contribution in [2.45, 2.75) is 57.7 Å². The lowest BCUT2D eigenvalue weighted by molar-refractivity contribution is -0.127. The quantitative estimate of drug-likeness (QED) is 0.364. The maximum Gasteiger partial charge on any atom is 0.238 e. The summed E-state index contributed by atoms with van der Waals surface area (Å²) in [4.78, 5) is 19.5. The number of para-hydroxylation sites is 1. The van der Waals surface area contributed by atoms with E-state index in [0.29, 0.717) is 25.9 Å². The third-order valence-electron chi connectivity index (χ3n) is 6.55. The van der Waals surface area contributed by atoms with E-state index in [9.17, 15) is 9.90 Å². The van der Waals surface area contributed by atoms with Crippen molar-refractivity contribution in [1.29, 1.82) is 0 Å². The van der Waals surface area contributed by atoms with Crippen molar-refractivity contribution in [2.75, 3.05) is 25.0 Å². The van der Waals surface area contributed by atoms with Gasteiger partial charge in [-0.25, -0.2) is 4.98 Å². The summed E-state index contributed by atoms with van der Waals surface area (Å²) in [6.45, 7) is 5.56. The Hall–Kier alpha value is -2.74. The van der Waals surface area contributed by atoms with Crippen LogP contribution in [-0.4, -0.2) is 52.2 Å². The van der Waals surface area contributed by atoms with Crippen molar-refractivity contribution in [3.05, 3.63) is 65.0 Å². The van der Waals surface area contributed by atoms with E-state index in [1.54, 1.807) is 11.3 Å². The van der Waals surface area contributed by atoms with Gasteiger partial charge in [-0.3, -0.25) is 9.69 Å². The summed E-state index contributed by atoms with van der Waals surface area (Å²) < 4.78 is 6.27. The Bertz CT molecular complexity index is 1100. The van der Waals surface area contributed by atoms with Gasteiger partial charge >= 0.3 is 0 Å². The summed E-state index contributed by atoms with van der Waals surface area (Å²) in [6.07, 6.45) is 4.07. The number of ether oxygens (including phenoxy) is 1. The molecule has 0 radical (unpaired) electrons. The number of thiazole rings is 1. The molecule has 2 aromatic carbocycles. The van der Waals surface area contributed by atoms with Gasteiger partial charge in [0.2, 0.25) is 5.91 Å². The minimum atomic E-state index is -0.891. The van der Waals surface area contributed by atoms with Gasteiger partial charge < -0.3 is 15.2 Å². The van der Waals surface area contributed by atoms with Crippen molar-refractivity contribution in [3.63, 3.8) is 0 Å². The number of anilines is 1. The number of carbonyl (C=O) groups excluding carboxylic acids is 1. The molecule has 1 amide bonds. The molecule has 1 aliphatic rings. The maximum atomic E-state index is 12.9. The Labute approximate surface area is 212 Å². The molecule has 186 valence electrons. The number of aromatic nitrogens is 1. The molecule has 0 spiro atoms. The van der Waals surface area contributed by atoms with Crippen LogP contribution in [0.1, 0.15) is 44.0 Å². The molecule has 1 fully saturated rings. The highest BCUT2D eigenvalue weighted by atomic mass is 32.1. The average molecular weight is 494 g/mol. The largest absolute Gasteiger partial charge is 0.486 e. The van der Waals surface area contributed by atoms with Crippen LogP contribution in [0.3, 0.4) is 0 Å². The van der Waals surface area contributed by atoms with Gasteiger partial charge in [-0.2, -0.15) is 0 Å². The normalized spacial score (nSPS) is 20.5. The topological polar surface area (TPSA) is 74.7 Å². The zero-order chi connectivity index (χ0) is 24.7. The van der Waals surface area contributed by atoms with Gasteiger partial charge in [0.15, 0.2) is 0 Å². The fraction of sp³-hybridized carbons (Fsp3) is 0.429. The Kier molecular flexibility index (Phi) is 8.55. The molecule has 0 aliphatic carbocycles. The van der Waals surface area contributed by atoms with E-state index in [0.717, 1.165) is 47.0 Å². The summed E-state index contributed by atoms with van der Waals surface area (Å²) in [5.41, 5.74) is 1.77. The van der Waals surface area contributed by atoms with Crippen LogP contribution < -0.4 is 10.1 Å². The standard InChI is InChI=1S/C28H35N3O3S/c1-3-4-8-14-28(33)15-16-31(18-26(28)34-24-12-6-5-7-13-24)19-27(32)30-23-11-9-10-22(17-23)25-20-35-21(2)29-25/h5-7,9-13,17,20,26,33H,3-4,8,14-16,18-19H2,1-2H3,(H,30,32)/t26-,28-/m0/s1. The van der Waals surface area contributed by atoms with Gasteiger partial charge in [-0.05, 0) is 44.0 Å². The molecular weight excluding hydrogens is 458 g/mol. The minimum absolute atomic E-state index is 0.0773. The molecule has 1 aromatic heterocycles. The van der Waals surface area contributed by atoms with E-state index >= 15 is 0 Å². The van der Waals surface area contributed by atoms with Gasteiger partial charge in [-0.15, -0.1) is 11.3 Å². The Balaban J connectivity index is 1.39. The van der Waals surface area contributed by atoms with E-state index in [-0.39, 0.29) is 18.6 Å². The highest BCUT2D eigenvalue weighted by Crippen LogP contribution is 2.32. The highest BCUT2D eigenvalue weighted by Gasteiger charge is 2.43. The first kappa shape index (κ1) is 25.4. The fourth-order valence-electron chi connectivity index (χ4n) is 4.59. The van der Waals surface area contributed by atoms with E-state index in [4.69, 9.17) is 4.74 Å². The van der Waals surface area contributed by atoms with Crippen LogP contribution in [0.5, 0.6) is 5.75 Å². The molecule has 0 saturated carbocycles. The first-order chi connectivity index (χ1) is 16.9. The average Bonchev–Trinajstić information content (AvgIpc) is 3.29. The molecule has 6 nitrogen and oxygen atoms in total. The number of aryl methyl sites for hydroxylation is 1. The van der Waals surface area contributed by atoms with Crippen LogP contribution in [-0.2, 0) is 4.79 Å². The smallest absolute Gasteiger partial charge is 0.238 e. The van der Waals surface area contributed by atoms with Crippen LogP contribution in [0.15, 0.2) is 60.0 Å². The summed E-state index contributed by atoms with van der Waals surface area (Å²) in [5.74, 6) is 0.665. The van der Waals surface area contributed by atoms with Gasteiger partial charge in [0.1, 0.15) is 17.5 Å². The number of aliphatic hydroxyl groups is 1. The maximum absolute atomic E-state index is 12.9. The van der Waals surface area contributed by atoms with E-state index in [2.05, 4.69) is 22.1 Å². The van der Waals surface area contributed by atoms with Gasteiger partial charge in [0.05, 0.1) is 17.2 Å². The monoisotopic (exact) mass is 493 g/mol. The van der Waals surface area contributed by atoms with Gasteiger partial charge in [-0.1, -0.05) is 56.5 Å². The summed E-state index contributed by atoms with van der Waals surface area (Å²) >= 11 is 1.61. The minimum Gasteiger partial charge on any atom is -0.486 e. The number of hydrogen-bond donors (Lipinski definition) is 2. The van der Waals surface area contributed by atoms with Crippen molar-refractivity contribution >= 4 is 22.9 Å². The molecule has 2 atom stereocenters. The second kappa shape index (κ2) is 11.8. The molecule has 2 N–H and O–H groups in total. The lowest BCUT2D eigenvalue weighted by Crippen LogP contribution is -2.58. The lowest BCUT2D eigenvalue weighted by atomic mass is 9.83. The molecule has 0 bridgehead atoms. The second-order valence-corrected chi connectivity index (χ2v) is 10.4. The fourth-order valence-corrected chi connectivity index (χ4v) is 5.21. The van der Waals surface area contributed by atoms with E-state index in [1.807, 2.05) is 66.9 Å². The number of rotatable bonds is 10. The molecule has 1 saturated heterocycles. The molecule has 7 heteroatoms. The third kappa shape index (κ3) is 6.90. The first-order valence-electron chi connectivity index (χ1n) is 12.4. The molecule has 1 aliphatic heterocycles. The SMILES string of the molecule is CCCCC[C@]1(O)CCN(CC(=O)Nc2cccc(-c3csc(C)n3)c2)C[C@@H]1Oc1ccccc1. The van der Waals surface area contributed by atoms with E-state index < -0.39 is 5.60 Å². The predicted octanol–water partition coefficient (Wildman–Crippen LogP) is 5.52. The summed E-state index contributed by atoms with van der Waals surface area (Å²) in [7, 11) is 0. The zero-order valence-corrected chi connectivity index (χ0v) is 21.4. The second-order valence-electron chi connectivity index (χ2n) is 9.35. The van der Waals surface area contributed by atoms with Crippen LogP contribution in [0.25, 0.3) is 11.3 Å². The summed E-state index contributed by atoms with van der Waals surface area (Å²) in [5, 5.41) is 17.6. The Morgan fingerprint density at radius 3 is 2.80 bits per heavy atom. The molecule has 4 rings (SSSR count). The van der Waals surface area contributed by atoms with Gasteiger partial charge in [0.25, 0.3) is 0 Å². The van der Waals surface area contributed by atoms with Crippen molar-refractivity contribution in [1.82, 2.24) is 9.88 Å². The van der Waals surface area contributed by atoms with Crippen LogP contribution in [0, 0.1) is 6.92 Å². The zero-order valence-electron chi connectivity index (χ0n) is 20.6. The first-order valence-corrected chi connectivity index (χ1v) is 13.3. The van der Waals surface area contributed by atoms with Crippen molar-refractivity contribution in [3.8, 4) is 17.0 Å². The number of carbonyl (C=O) groups is 1. The van der Waals surface area contributed by atoms with Gasteiger partial charge in [0, 0.05) is 29.7 Å². The van der Waals surface area contributed by atoms with Crippen LogP contribution in [0.2, 0.25) is 0 Å². The van der Waals surface area contributed by atoms with Crippen LogP contribution >= 0.6 is 11.3 Å². The van der Waals surface area contributed by atoms with Crippen molar-refractivity contribution in [2.24, 2.45) is 0 Å². The Morgan fingerprint density at radius 2 is 2.06 bits per heavy atom. The molecular formula is C28H35N3O3S. The number of nitrogens with one attached hydrogen (secondary N) is 1. The number of unbranched alkanes of at least 4 members (excludes halogenated alkanes) is 2. The Morgan fingerprint density at radius 1 is 1.23 bits per heavy atom. The van der Waals surface area contributed by atoms with Crippen molar-refractivity contribution < 1.29 is 14.6 Å². The number of amides is 1. The third-order valence-corrected chi connectivity index (χ3v) is 7.32. The predicted molar refractivity (Wildman–Crippen MR) is 142 cm³/mol. The molecule has 3 aromatic rings. The number of nitrogens with zero attached hydrogens (tertiary/aromatic N) is 2.